The van der Waals surface area contributed by atoms with Crippen LogP contribution in [0, 0.1) is 0 Å². The average Bonchev–Trinajstić information content (AvgIpc) is 2.70. The van der Waals surface area contributed by atoms with Crippen LogP contribution in [0.25, 0.3) is 6.08 Å². The van der Waals surface area contributed by atoms with Gasteiger partial charge in [0.05, 0.1) is 6.54 Å². The van der Waals surface area contributed by atoms with E-state index in [-0.39, 0.29) is 0 Å². The monoisotopic (exact) mass is 352 g/mol. The maximum atomic E-state index is 5.71. The molecule has 1 fully saturated rings. The summed E-state index contributed by atoms with van der Waals surface area (Å²) in [5, 5.41) is 0. The molecule has 4 heteroatoms. The maximum absolute atomic E-state index is 5.71. The first-order valence-electron chi connectivity index (χ1n) is 9.64. The Kier molecular flexibility index (Phi) is 5.53. The van der Waals surface area contributed by atoms with Gasteiger partial charge in [-0.05, 0) is 29.8 Å². The standard InChI is InChI=1S/C22H26N2O2/c1-2-5-19(6-3-1)7-4-10-23-11-13-24(14-12-23)18-20-8-9-21-22(17-20)26-16-15-25-21/h1-9,17H,10-16,18H2/p+2/b7-4+. The first-order chi connectivity index (χ1) is 12.9. The van der Waals surface area contributed by atoms with Gasteiger partial charge in [-0.1, -0.05) is 36.4 Å². The highest BCUT2D eigenvalue weighted by molar-refractivity contribution is 5.48. The number of piperazine rings is 1. The average molecular weight is 352 g/mol. The van der Waals surface area contributed by atoms with Crippen molar-refractivity contribution in [2.75, 3.05) is 45.9 Å². The van der Waals surface area contributed by atoms with Gasteiger partial charge >= 0.3 is 0 Å². The van der Waals surface area contributed by atoms with E-state index in [1.807, 2.05) is 0 Å². The van der Waals surface area contributed by atoms with E-state index in [0.29, 0.717) is 13.2 Å². The van der Waals surface area contributed by atoms with E-state index < -0.39 is 0 Å². The fourth-order valence-corrected chi connectivity index (χ4v) is 3.75. The van der Waals surface area contributed by atoms with Gasteiger partial charge in [0.1, 0.15) is 45.9 Å². The van der Waals surface area contributed by atoms with Crippen molar-refractivity contribution < 1.29 is 19.3 Å². The lowest BCUT2D eigenvalue weighted by Gasteiger charge is -2.29. The number of rotatable bonds is 5. The molecule has 0 aliphatic carbocycles. The zero-order valence-corrected chi connectivity index (χ0v) is 15.2. The zero-order chi connectivity index (χ0) is 17.6. The Morgan fingerprint density at radius 2 is 1.54 bits per heavy atom. The highest BCUT2D eigenvalue weighted by Gasteiger charge is 2.22. The summed E-state index contributed by atoms with van der Waals surface area (Å²) < 4.78 is 11.3. The Balaban J connectivity index is 1.24. The Hall–Kier alpha value is -2.30. The summed E-state index contributed by atoms with van der Waals surface area (Å²) in [6, 6.07) is 16.9. The van der Waals surface area contributed by atoms with E-state index in [1.54, 1.807) is 9.80 Å². The maximum Gasteiger partial charge on any atom is 0.161 e. The molecule has 0 aromatic heterocycles. The molecule has 1 saturated heterocycles. The van der Waals surface area contributed by atoms with Crippen molar-refractivity contribution >= 4 is 6.08 Å². The van der Waals surface area contributed by atoms with Crippen LogP contribution >= 0.6 is 0 Å². The molecule has 0 amide bonds. The molecule has 4 rings (SSSR count). The topological polar surface area (TPSA) is 27.3 Å². The van der Waals surface area contributed by atoms with Crippen molar-refractivity contribution in [1.82, 2.24) is 0 Å². The highest BCUT2D eigenvalue weighted by atomic mass is 16.6. The highest BCUT2D eigenvalue weighted by Crippen LogP contribution is 2.30. The molecular weight excluding hydrogens is 324 g/mol. The van der Waals surface area contributed by atoms with Gasteiger partial charge in [0.15, 0.2) is 11.5 Å². The summed E-state index contributed by atoms with van der Waals surface area (Å²) >= 11 is 0. The normalized spacial score (nSPS) is 22.5. The Bertz CT molecular complexity index is 737. The first kappa shape index (κ1) is 17.1. The molecule has 2 aromatic rings. The van der Waals surface area contributed by atoms with Crippen LogP contribution < -0.4 is 19.3 Å². The van der Waals surface area contributed by atoms with Gasteiger partial charge in [-0.15, -0.1) is 0 Å². The number of quaternary nitrogens is 2. The lowest BCUT2D eigenvalue weighted by atomic mass is 10.1. The quantitative estimate of drug-likeness (QED) is 0.818. The number of nitrogens with one attached hydrogen (secondary N) is 2. The summed E-state index contributed by atoms with van der Waals surface area (Å²) in [5.74, 6) is 1.79. The van der Waals surface area contributed by atoms with Crippen LogP contribution in [0.2, 0.25) is 0 Å². The molecule has 0 spiro atoms. The zero-order valence-electron chi connectivity index (χ0n) is 15.2. The molecule has 0 saturated carbocycles. The summed E-state index contributed by atoms with van der Waals surface area (Å²) in [4.78, 5) is 3.35. The molecule has 26 heavy (non-hydrogen) atoms. The predicted octanol–water partition coefficient (Wildman–Crippen LogP) is 0.455. The Morgan fingerprint density at radius 1 is 0.808 bits per heavy atom. The van der Waals surface area contributed by atoms with Gasteiger partial charge in [-0.25, -0.2) is 0 Å². The van der Waals surface area contributed by atoms with E-state index in [9.17, 15) is 0 Å². The third-order valence-electron chi connectivity index (χ3n) is 5.24. The summed E-state index contributed by atoms with van der Waals surface area (Å²) in [7, 11) is 0. The lowest BCUT2D eigenvalue weighted by Crippen LogP contribution is -3.27. The van der Waals surface area contributed by atoms with E-state index in [4.69, 9.17) is 9.47 Å². The molecule has 2 aromatic carbocycles. The predicted molar refractivity (Wildman–Crippen MR) is 103 cm³/mol. The number of fused-ring (bicyclic) bond motifs is 1. The van der Waals surface area contributed by atoms with E-state index >= 15 is 0 Å². The van der Waals surface area contributed by atoms with Crippen molar-refractivity contribution in [1.29, 1.82) is 0 Å². The van der Waals surface area contributed by atoms with Crippen molar-refractivity contribution in [3.8, 4) is 11.5 Å². The number of hydrogen-bond donors (Lipinski definition) is 2. The molecule has 0 radical (unpaired) electrons. The van der Waals surface area contributed by atoms with Gasteiger partial charge in [-0.3, -0.25) is 0 Å². The number of ether oxygens (including phenoxy) is 2. The fourth-order valence-electron chi connectivity index (χ4n) is 3.75. The lowest BCUT2D eigenvalue weighted by molar-refractivity contribution is -1.02. The van der Waals surface area contributed by atoms with Crippen LogP contribution in [0.5, 0.6) is 11.5 Å². The van der Waals surface area contributed by atoms with E-state index in [2.05, 4.69) is 60.7 Å². The molecule has 4 nitrogen and oxygen atoms in total. The summed E-state index contributed by atoms with van der Waals surface area (Å²) in [6.07, 6.45) is 4.55. The smallest absolute Gasteiger partial charge is 0.161 e. The van der Waals surface area contributed by atoms with E-state index in [0.717, 1.165) is 24.6 Å². The van der Waals surface area contributed by atoms with Crippen LogP contribution in [0.1, 0.15) is 11.1 Å². The molecule has 136 valence electrons. The van der Waals surface area contributed by atoms with Crippen LogP contribution in [0.3, 0.4) is 0 Å². The van der Waals surface area contributed by atoms with E-state index in [1.165, 1.54) is 37.3 Å². The number of benzene rings is 2. The third kappa shape index (κ3) is 4.45. The molecule has 0 unspecified atom stereocenters. The van der Waals surface area contributed by atoms with Crippen molar-refractivity contribution in [3.63, 3.8) is 0 Å². The molecule has 0 atom stereocenters. The number of hydrogen-bond acceptors (Lipinski definition) is 2. The van der Waals surface area contributed by atoms with Gasteiger partial charge in [0.25, 0.3) is 0 Å². The van der Waals surface area contributed by atoms with Crippen LogP contribution in [0.4, 0.5) is 0 Å². The van der Waals surface area contributed by atoms with Crippen LogP contribution in [0.15, 0.2) is 54.6 Å². The Morgan fingerprint density at radius 3 is 2.35 bits per heavy atom. The van der Waals surface area contributed by atoms with Crippen molar-refractivity contribution in [3.05, 3.63) is 65.7 Å². The minimum absolute atomic E-state index is 0.654. The second-order valence-electron chi connectivity index (χ2n) is 7.17. The third-order valence-corrected chi connectivity index (χ3v) is 5.24. The minimum Gasteiger partial charge on any atom is -0.486 e. The Labute approximate surface area is 155 Å². The molecule has 2 aliphatic heterocycles. The molecule has 2 N–H and O–H groups in total. The second kappa shape index (κ2) is 8.39. The van der Waals surface area contributed by atoms with Crippen LogP contribution in [-0.4, -0.2) is 45.9 Å². The first-order valence-corrected chi connectivity index (χ1v) is 9.64. The summed E-state index contributed by atoms with van der Waals surface area (Å²) in [6.45, 7) is 8.42. The molecule has 2 heterocycles. The van der Waals surface area contributed by atoms with Gasteiger partial charge < -0.3 is 19.3 Å². The second-order valence-corrected chi connectivity index (χ2v) is 7.17. The van der Waals surface area contributed by atoms with Gasteiger partial charge in [0, 0.05) is 5.56 Å². The largest absolute Gasteiger partial charge is 0.486 e. The fraction of sp³-hybridized carbons (Fsp3) is 0.364. The minimum atomic E-state index is 0.654. The molecule has 0 bridgehead atoms. The van der Waals surface area contributed by atoms with Crippen LogP contribution in [-0.2, 0) is 6.54 Å². The van der Waals surface area contributed by atoms with Crippen molar-refractivity contribution in [2.24, 2.45) is 0 Å². The van der Waals surface area contributed by atoms with Gasteiger partial charge in [-0.2, -0.15) is 0 Å². The van der Waals surface area contributed by atoms with Gasteiger partial charge in [0.2, 0.25) is 0 Å². The molecule has 2 aliphatic rings. The SMILES string of the molecule is C(=C\c1ccccc1)/C[NH+]1CC[NH+](Cc2ccc3c(c2)OCCO3)CC1. The molecular formula is C22H28N2O2+2. The summed E-state index contributed by atoms with van der Waals surface area (Å²) in [5.41, 5.74) is 2.63. The van der Waals surface area contributed by atoms with Crippen molar-refractivity contribution in [2.45, 2.75) is 6.54 Å².